The molecule has 0 saturated heterocycles. The molecule has 1 N–H and O–H groups in total. The number of hydrogen-bond acceptors (Lipinski definition) is 6. The normalized spacial score (nSPS) is 14.5. The Hall–Kier alpha value is -1.90. The summed E-state index contributed by atoms with van der Waals surface area (Å²) in [6.45, 7) is 7.57. The number of rotatable bonds is 18. The second-order valence-electron chi connectivity index (χ2n) is 12.2. The number of allylic oxidation sites excluding steroid dienone is 1. The van der Waals surface area contributed by atoms with Gasteiger partial charge in [0.1, 0.15) is 0 Å². The number of nitrogens with one attached hydrogen (secondary N) is 1. The van der Waals surface area contributed by atoms with E-state index in [0.717, 1.165) is 11.1 Å². The van der Waals surface area contributed by atoms with E-state index in [4.69, 9.17) is 4.74 Å². The molecule has 8 nitrogen and oxygen atoms in total. The van der Waals surface area contributed by atoms with Gasteiger partial charge in [-0.25, -0.2) is 0 Å². The zero-order chi connectivity index (χ0) is 35.9. The van der Waals surface area contributed by atoms with Crippen molar-refractivity contribution in [1.29, 1.82) is 0 Å². The van der Waals surface area contributed by atoms with Gasteiger partial charge in [-0.2, -0.15) is 0 Å². The van der Waals surface area contributed by atoms with E-state index in [2.05, 4.69) is 11.9 Å². The van der Waals surface area contributed by atoms with Gasteiger partial charge in [0.05, 0.1) is 0 Å². The number of carbonyl (C=O) groups excluding carboxylic acids is 1. The molecule has 0 unspecified atom stereocenters. The van der Waals surface area contributed by atoms with Crippen LogP contribution in [-0.4, -0.2) is 68.7 Å². The van der Waals surface area contributed by atoms with Crippen LogP contribution in [0.1, 0.15) is 91.2 Å². The molecule has 268 valence electrons. The topological polar surface area (TPSA) is 110 Å². The summed E-state index contributed by atoms with van der Waals surface area (Å²) in [7, 11) is -14.2. The minimum atomic E-state index is -7.09. The standard InChI is InChI=1S/C29H47F6N2O6PS2/c1-8-11-18-44(19-12-9-2,20-13-10-3,37(45(39,40)28(30,31)32)46(41,42)29(33,34)35)21-17-43-26(38)36-27(6,7)25-16-14-15-24(22-25)23(4)5/h14-16,22H,4,8-13,17-21H2,1-3,5-7H3,(H,36,38). The summed E-state index contributed by atoms with van der Waals surface area (Å²) in [5.41, 5.74) is -11.6. The van der Waals surface area contributed by atoms with Crippen molar-refractivity contribution < 1.29 is 52.7 Å². The van der Waals surface area contributed by atoms with Gasteiger partial charge in [0.25, 0.3) is 0 Å². The maximum atomic E-state index is 14.2. The Morgan fingerprint density at radius 1 is 0.848 bits per heavy atom. The van der Waals surface area contributed by atoms with Gasteiger partial charge in [0.15, 0.2) is 0 Å². The summed E-state index contributed by atoms with van der Waals surface area (Å²) in [4.78, 5) is 13.0. The summed E-state index contributed by atoms with van der Waals surface area (Å²) < 4.78 is 142. The molecule has 0 bridgehead atoms. The van der Waals surface area contributed by atoms with E-state index in [1.807, 2.05) is 6.07 Å². The molecule has 46 heavy (non-hydrogen) atoms. The predicted octanol–water partition coefficient (Wildman–Crippen LogP) is 8.55. The van der Waals surface area contributed by atoms with Crippen molar-refractivity contribution in [2.45, 2.75) is 96.6 Å². The molecule has 1 amide bonds. The van der Waals surface area contributed by atoms with Crippen molar-refractivity contribution in [2.24, 2.45) is 0 Å². The molecular formula is C29H47F6N2O6PS2. The van der Waals surface area contributed by atoms with Crippen molar-refractivity contribution in [3.8, 4) is 0 Å². The average molecular weight is 729 g/mol. The van der Waals surface area contributed by atoms with Crippen molar-refractivity contribution >= 4 is 38.5 Å². The number of hydrogen-bond donors (Lipinski definition) is 1. The van der Waals surface area contributed by atoms with Crippen LogP contribution >= 0.6 is 6.75 Å². The third-order valence-corrected chi connectivity index (χ3v) is 22.0. The van der Waals surface area contributed by atoms with Crippen LogP contribution in [0.25, 0.3) is 5.57 Å². The maximum absolute atomic E-state index is 14.2. The molecule has 1 aromatic rings. The number of benzene rings is 1. The van der Waals surface area contributed by atoms with Gasteiger partial charge in [0, 0.05) is 0 Å². The molecule has 0 aliphatic carbocycles. The van der Waals surface area contributed by atoms with E-state index in [9.17, 15) is 48.0 Å². The Kier molecular flexibility index (Phi) is 14.2. The molecule has 0 fully saturated rings. The van der Waals surface area contributed by atoms with E-state index in [0.29, 0.717) is 5.56 Å². The average Bonchev–Trinajstić information content (AvgIpc) is 2.92. The van der Waals surface area contributed by atoms with E-state index in [1.165, 1.54) is 0 Å². The zero-order valence-corrected chi connectivity index (χ0v) is 29.8. The summed E-state index contributed by atoms with van der Waals surface area (Å²) >= 11 is 0. The molecule has 0 saturated carbocycles. The molecule has 17 heteroatoms. The zero-order valence-electron chi connectivity index (χ0n) is 27.2. The number of alkyl halides is 6. The van der Waals surface area contributed by atoms with Crippen LogP contribution in [0.4, 0.5) is 31.1 Å². The Labute approximate surface area is 269 Å². The second-order valence-corrected chi connectivity index (χ2v) is 22.5. The van der Waals surface area contributed by atoms with Crippen molar-refractivity contribution in [3.63, 3.8) is 0 Å². The second kappa shape index (κ2) is 15.5. The third-order valence-electron chi connectivity index (χ3n) is 8.11. The molecule has 0 atom stereocenters. The minimum absolute atomic E-state index is 0.0548. The van der Waals surface area contributed by atoms with Gasteiger partial charge in [-0.15, -0.1) is 0 Å². The number of carbonyl (C=O) groups is 1. The first kappa shape index (κ1) is 42.1. The molecule has 0 aliphatic rings. The van der Waals surface area contributed by atoms with E-state index >= 15 is 0 Å². The Bertz CT molecular complexity index is 1360. The van der Waals surface area contributed by atoms with Gasteiger partial charge < -0.3 is 0 Å². The van der Waals surface area contributed by atoms with Gasteiger partial charge in [-0.3, -0.25) is 0 Å². The molecule has 1 aromatic carbocycles. The Balaban J connectivity index is 3.86. The first-order valence-corrected chi connectivity index (χ1v) is 20.8. The summed E-state index contributed by atoms with van der Waals surface area (Å²) in [5, 5.41) is 2.62. The third kappa shape index (κ3) is 9.37. The molecule has 0 aromatic heterocycles. The van der Waals surface area contributed by atoms with Gasteiger partial charge in [-0.1, -0.05) is 0 Å². The molecular weight excluding hydrogens is 681 g/mol. The van der Waals surface area contributed by atoms with Crippen molar-refractivity contribution in [2.75, 3.05) is 31.3 Å². The van der Waals surface area contributed by atoms with Crippen LogP contribution in [0.5, 0.6) is 0 Å². The molecule has 1 rings (SSSR count). The molecule has 0 heterocycles. The van der Waals surface area contributed by atoms with Crippen molar-refractivity contribution in [1.82, 2.24) is 8.80 Å². The number of unbranched alkanes of at least 4 members (excludes halogenated alkanes) is 3. The number of sulfonamides is 2. The monoisotopic (exact) mass is 728 g/mol. The molecule has 0 aliphatic heterocycles. The van der Waals surface area contributed by atoms with E-state index in [-0.39, 0.29) is 38.5 Å². The fourth-order valence-electron chi connectivity index (χ4n) is 5.51. The molecule has 0 spiro atoms. The first-order chi connectivity index (χ1) is 20.9. The SMILES string of the molecule is C=C(C)c1cccc(C(C)(C)NC(=O)OCCP(CCCC)(CCCC)(CCCC)N(S(=O)(=O)C(F)(F)F)S(=O)(=O)C(F)(F)F)c1. The fraction of sp³-hybridized carbons (Fsp3) is 0.690. The quantitative estimate of drug-likeness (QED) is 0.120. The van der Waals surface area contributed by atoms with Crippen LogP contribution < -0.4 is 5.32 Å². The van der Waals surface area contributed by atoms with Crippen LogP contribution in [-0.2, 0) is 30.3 Å². The van der Waals surface area contributed by atoms with Gasteiger partial charge in [0.2, 0.25) is 0 Å². The number of ether oxygens (including phenoxy) is 1. The van der Waals surface area contributed by atoms with Gasteiger partial charge in [-0.05, 0) is 0 Å². The summed E-state index contributed by atoms with van der Waals surface area (Å²) in [6, 6.07) is 7.05. The van der Waals surface area contributed by atoms with Crippen LogP contribution in [0.2, 0.25) is 0 Å². The Morgan fingerprint density at radius 2 is 1.28 bits per heavy atom. The number of halogens is 6. The number of nitrogens with zero attached hydrogens (tertiary/aromatic N) is 1. The van der Waals surface area contributed by atoms with Crippen LogP contribution in [0.3, 0.4) is 0 Å². The van der Waals surface area contributed by atoms with E-state index < -0.39 is 84.2 Å². The first-order valence-electron chi connectivity index (χ1n) is 15.0. The van der Waals surface area contributed by atoms with Crippen LogP contribution in [0.15, 0.2) is 30.8 Å². The predicted molar refractivity (Wildman–Crippen MR) is 172 cm³/mol. The van der Waals surface area contributed by atoms with Crippen LogP contribution in [0, 0.1) is 0 Å². The van der Waals surface area contributed by atoms with Gasteiger partial charge >= 0.3 is 270 Å². The number of amides is 1. The van der Waals surface area contributed by atoms with Crippen molar-refractivity contribution in [3.05, 3.63) is 42.0 Å². The fourth-order valence-corrected chi connectivity index (χ4v) is 20.7. The molecule has 0 radical (unpaired) electrons. The summed E-state index contributed by atoms with van der Waals surface area (Å²) in [6.07, 6.45) is -2.97. The van der Waals surface area contributed by atoms with E-state index in [1.54, 1.807) is 59.7 Å². The number of alkyl carbamates (subject to hydrolysis) is 1. The summed E-state index contributed by atoms with van der Waals surface area (Å²) in [5.74, 6) is 0. The Morgan fingerprint density at radius 3 is 1.65 bits per heavy atom.